The third-order valence-electron chi connectivity index (χ3n) is 5.44. The SMILES string of the molecule is CC1(C)C(Cn2c(=S)[nH]c3c(F)cccc32)C1(C)C. The lowest BCUT2D eigenvalue weighted by Gasteiger charge is -2.06. The first-order valence-electron chi connectivity index (χ1n) is 6.64. The molecule has 0 aliphatic heterocycles. The molecule has 1 heterocycles. The molecule has 0 spiro atoms. The number of H-pyrrole nitrogens is 1. The highest BCUT2D eigenvalue weighted by Crippen LogP contribution is 2.68. The first-order valence-corrected chi connectivity index (χ1v) is 7.04. The fraction of sp³-hybridized carbons (Fsp3) is 0.533. The zero-order chi connectivity index (χ0) is 14.0. The van der Waals surface area contributed by atoms with E-state index < -0.39 is 0 Å². The summed E-state index contributed by atoms with van der Waals surface area (Å²) in [5.74, 6) is 0.325. The summed E-state index contributed by atoms with van der Waals surface area (Å²) >= 11 is 5.35. The van der Waals surface area contributed by atoms with Crippen LogP contribution < -0.4 is 0 Å². The highest BCUT2D eigenvalue weighted by atomic mass is 32.1. The van der Waals surface area contributed by atoms with Gasteiger partial charge < -0.3 is 9.55 Å². The Balaban J connectivity index is 2.06. The summed E-state index contributed by atoms with van der Waals surface area (Å²) < 4.78 is 16.4. The number of aromatic amines is 1. The number of hydrogen-bond donors (Lipinski definition) is 1. The van der Waals surface area contributed by atoms with Gasteiger partial charge in [0.2, 0.25) is 0 Å². The van der Waals surface area contributed by atoms with Gasteiger partial charge in [0.25, 0.3) is 0 Å². The van der Waals surface area contributed by atoms with E-state index in [1.165, 1.54) is 6.07 Å². The topological polar surface area (TPSA) is 20.7 Å². The largest absolute Gasteiger partial charge is 0.328 e. The number of halogens is 1. The van der Waals surface area contributed by atoms with Crippen LogP contribution in [0.3, 0.4) is 0 Å². The van der Waals surface area contributed by atoms with E-state index in [1.54, 1.807) is 6.07 Å². The molecule has 1 fully saturated rings. The average Bonchev–Trinajstić information content (AvgIpc) is 2.59. The van der Waals surface area contributed by atoms with Gasteiger partial charge in [-0.2, -0.15) is 0 Å². The van der Waals surface area contributed by atoms with Crippen molar-refractivity contribution in [3.63, 3.8) is 0 Å². The number of para-hydroxylation sites is 1. The molecule has 1 aromatic carbocycles. The summed E-state index contributed by atoms with van der Waals surface area (Å²) in [6, 6.07) is 5.12. The Morgan fingerprint density at radius 1 is 1.26 bits per heavy atom. The highest BCUT2D eigenvalue weighted by molar-refractivity contribution is 7.71. The molecule has 1 aliphatic rings. The quantitative estimate of drug-likeness (QED) is 0.801. The zero-order valence-electron chi connectivity index (χ0n) is 11.7. The molecule has 0 atom stereocenters. The van der Waals surface area contributed by atoms with Crippen LogP contribution >= 0.6 is 12.2 Å². The summed E-state index contributed by atoms with van der Waals surface area (Å²) in [6.07, 6.45) is 0. The Morgan fingerprint density at radius 2 is 1.89 bits per heavy atom. The highest BCUT2D eigenvalue weighted by Gasteiger charge is 2.64. The Labute approximate surface area is 117 Å². The lowest BCUT2D eigenvalue weighted by Crippen LogP contribution is -2.04. The van der Waals surface area contributed by atoms with Crippen LogP contribution in [0, 0.1) is 27.3 Å². The van der Waals surface area contributed by atoms with Crippen LogP contribution in [0.4, 0.5) is 4.39 Å². The molecule has 0 radical (unpaired) electrons. The van der Waals surface area contributed by atoms with Crippen LogP contribution in [-0.2, 0) is 6.54 Å². The molecule has 1 N–H and O–H groups in total. The number of nitrogens with one attached hydrogen (secondary N) is 1. The molecule has 2 nitrogen and oxygen atoms in total. The molecular formula is C15H19FN2S. The average molecular weight is 278 g/mol. The second-order valence-corrected chi connectivity index (χ2v) is 7.06. The van der Waals surface area contributed by atoms with Gasteiger partial charge in [-0.25, -0.2) is 4.39 Å². The van der Waals surface area contributed by atoms with E-state index in [1.807, 2.05) is 10.6 Å². The maximum atomic E-state index is 13.7. The van der Waals surface area contributed by atoms with Gasteiger partial charge in [-0.15, -0.1) is 0 Å². The Hall–Kier alpha value is -1.16. The molecule has 1 aliphatic carbocycles. The van der Waals surface area contributed by atoms with Crippen molar-refractivity contribution >= 4 is 23.3 Å². The van der Waals surface area contributed by atoms with Gasteiger partial charge in [0.15, 0.2) is 4.77 Å². The molecule has 0 bridgehead atoms. The number of hydrogen-bond acceptors (Lipinski definition) is 1. The van der Waals surface area contributed by atoms with Gasteiger partial charge >= 0.3 is 0 Å². The Morgan fingerprint density at radius 3 is 2.47 bits per heavy atom. The van der Waals surface area contributed by atoms with Crippen LogP contribution in [0.1, 0.15) is 27.7 Å². The number of benzene rings is 1. The van der Waals surface area contributed by atoms with E-state index in [0.717, 1.165) is 12.1 Å². The Kier molecular flexibility index (Phi) is 2.50. The van der Waals surface area contributed by atoms with Gasteiger partial charge in [-0.05, 0) is 41.1 Å². The van der Waals surface area contributed by atoms with Crippen molar-refractivity contribution in [2.45, 2.75) is 34.2 Å². The summed E-state index contributed by atoms with van der Waals surface area (Å²) in [7, 11) is 0. The monoisotopic (exact) mass is 278 g/mol. The Bertz CT molecular complexity index is 694. The second-order valence-electron chi connectivity index (χ2n) is 6.67. The van der Waals surface area contributed by atoms with Gasteiger partial charge in [-0.3, -0.25) is 0 Å². The first kappa shape index (κ1) is 12.9. The summed E-state index contributed by atoms with van der Waals surface area (Å²) in [5.41, 5.74) is 1.99. The predicted octanol–water partition coefficient (Wildman–Crippen LogP) is 4.52. The molecule has 0 unspecified atom stereocenters. The number of fused-ring (bicyclic) bond motifs is 1. The maximum Gasteiger partial charge on any atom is 0.178 e. The molecule has 2 aromatic rings. The molecule has 0 saturated heterocycles. The molecule has 102 valence electrons. The van der Waals surface area contributed by atoms with Gasteiger partial charge in [0, 0.05) is 6.54 Å². The van der Waals surface area contributed by atoms with Crippen molar-refractivity contribution in [1.29, 1.82) is 0 Å². The first-order chi connectivity index (χ1) is 8.76. The van der Waals surface area contributed by atoms with Crippen molar-refractivity contribution in [2.75, 3.05) is 0 Å². The molecule has 1 aromatic heterocycles. The minimum Gasteiger partial charge on any atom is -0.328 e. The van der Waals surface area contributed by atoms with Crippen molar-refractivity contribution < 1.29 is 4.39 Å². The van der Waals surface area contributed by atoms with E-state index in [0.29, 0.717) is 27.0 Å². The molecule has 4 heteroatoms. The van der Waals surface area contributed by atoms with Crippen LogP contribution in [0.2, 0.25) is 0 Å². The van der Waals surface area contributed by atoms with E-state index >= 15 is 0 Å². The normalized spacial score (nSPS) is 20.9. The molecular weight excluding hydrogens is 259 g/mol. The van der Waals surface area contributed by atoms with E-state index in [-0.39, 0.29) is 5.82 Å². The van der Waals surface area contributed by atoms with Crippen LogP contribution in [0.25, 0.3) is 11.0 Å². The summed E-state index contributed by atoms with van der Waals surface area (Å²) in [4.78, 5) is 2.99. The third-order valence-corrected chi connectivity index (χ3v) is 5.77. The number of rotatable bonds is 2. The molecule has 19 heavy (non-hydrogen) atoms. The summed E-state index contributed by atoms with van der Waals surface area (Å²) in [5, 5.41) is 0. The smallest absolute Gasteiger partial charge is 0.178 e. The zero-order valence-corrected chi connectivity index (χ0v) is 12.6. The maximum absolute atomic E-state index is 13.7. The van der Waals surface area contributed by atoms with E-state index in [9.17, 15) is 4.39 Å². The molecule has 1 saturated carbocycles. The van der Waals surface area contributed by atoms with Crippen molar-refractivity contribution in [3.8, 4) is 0 Å². The van der Waals surface area contributed by atoms with Crippen molar-refractivity contribution in [1.82, 2.24) is 9.55 Å². The second kappa shape index (κ2) is 3.69. The lowest BCUT2D eigenvalue weighted by atomic mass is 10.0. The lowest BCUT2D eigenvalue weighted by molar-refractivity contribution is 0.457. The minimum atomic E-state index is -0.239. The van der Waals surface area contributed by atoms with Crippen molar-refractivity contribution in [3.05, 3.63) is 28.8 Å². The predicted molar refractivity (Wildman–Crippen MR) is 78.1 cm³/mol. The van der Waals surface area contributed by atoms with E-state index in [4.69, 9.17) is 12.2 Å². The fourth-order valence-electron chi connectivity index (χ4n) is 3.30. The van der Waals surface area contributed by atoms with Crippen LogP contribution in [0.15, 0.2) is 18.2 Å². The van der Waals surface area contributed by atoms with Gasteiger partial charge in [-0.1, -0.05) is 33.8 Å². The van der Waals surface area contributed by atoms with Gasteiger partial charge in [0.05, 0.1) is 5.52 Å². The van der Waals surface area contributed by atoms with E-state index in [2.05, 4.69) is 32.7 Å². The molecule has 0 amide bonds. The minimum absolute atomic E-state index is 0.239. The van der Waals surface area contributed by atoms with Crippen molar-refractivity contribution in [2.24, 2.45) is 16.7 Å². The standard InChI is InChI=1S/C15H19FN2S/c1-14(2)11(15(14,3)4)8-18-10-7-5-6-9(16)12(10)17-13(18)19/h5-7,11H,8H2,1-4H3,(H,17,19). The van der Waals surface area contributed by atoms with Crippen LogP contribution in [-0.4, -0.2) is 9.55 Å². The fourth-order valence-corrected chi connectivity index (χ4v) is 3.57. The third kappa shape index (κ3) is 1.62. The number of imidazole rings is 1. The van der Waals surface area contributed by atoms with Gasteiger partial charge in [0.1, 0.15) is 11.3 Å². The number of nitrogens with zero attached hydrogens (tertiary/aromatic N) is 1. The molecule has 3 rings (SSSR count). The van der Waals surface area contributed by atoms with Crippen LogP contribution in [0.5, 0.6) is 0 Å². The summed E-state index contributed by atoms with van der Waals surface area (Å²) in [6.45, 7) is 10.0. The number of aromatic nitrogens is 2.